The minimum absolute atomic E-state index is 0.0128. The second-order valence-corrected chi connectivity index (χ2v) is 6.00. The van der Waals surface area contributed by atoms with Crippen LogP contribution in [0.3, 0.4) is 0 Å². The van der Waals surface area contributed by atoms with Gasteiger partial charge in [-0.3, -0.25) is 0 Å². The van der Waals surface area contributed by atoms with Crippen molar-refractivity contribution in [2.24, 2.45) is 5.41 Å². The number of nitrogens with one attached hydrogen (secondary N) is 1. The van der Waals surface area contributed by atoms with E-state index in [2.05, 4.69) is 51.2 Å². The van der Waals surface area contributed by atoms with Crippen LogP contribution < -0.4 is 5.32 Å². The van der Waals surface area contributed by atoms with Crippen molar-refractivity contribution in [3.05, 3.63) is 34.9 Å². The molecular formula is C15H23NO. The largest absolute Gasteiger partial charge is 0.392 e. The van der Waals surface area contributed by atoms with Gasteiger partial charge in [-0.2, -0.15) is 0 Å². The van der Waals surface area contributed by atoms with Crippen LogP contribution in [0.1, 0.15) is 37.0 Å². The molecule has 1 saturated carbocycles. The maximum absolute atomic E-state index is 9.69. The highest BCUT2D eigenvalue weighted by molar-refractivity contribution is 5.28. The number of aryl methyl sites for hydroxylation is 2. The maximum atomic E-state index is 9.69. The Balaban J connectivity index is 1.95. The smallest absolute Gasteiger partial charge is 0.0621 e. The molecule has 0 saturated heterocycles. The van der Waals surface area contributed by atoms with E-state index in [-0.39, 0.29) is 11.5 Å². The molecule has 2 heteroatoms. The first-order valence-corrected chi connectivity index (χ1v) is 6.38. The Labute approximate surface area is 104 Å². The predicted molar refractivity (Wildman–Crippen MR) is 70.9 cm³/mol. The third-order valence-electron chi connectivity index (χ3n) is 4.05. The van der Waals surface area contributed by atoms with Crippen molar-refractivity contribution in [1.82, 2.24) is 5.32 Å². The van der Waals surface area contributed by atoms with Crippen LogP contribution in [-0.2, 0) is 6.54 Å². The van der Waals surface area contributed by atoms with Crippen LogP contribution in [0.15, 0.2) is 18.2 Å². The summed E-state index contributed by atoms with van der Waals surface area (Å²) in [5.74, 6) is 0. The summed E-state index contributed by atoms with van der Waals surface area (Å²) in [5.41, 5.74) is 3.97. The standard InChI is InChI=1S/C15H23NO/c1-10-5-11(2)7-12(6-10)9-16-13-8-14(17)15(13,3)4/h5-7,13-14,16-17H,8-9H2,1-4H3. The average Bonchev–Trinajstić information content (AvgIpc) is 2.22. The van der Waals surface area contributed by atoms with E-state index in [4.69, 9.17) is 0 Å². The van der Waals surface area contributed by atoms with Gasteiger partial charge in [0.2, 0.25) is 0 Å². The fourth-order valence-corrected chi connectivity index (χ4v) is 2.66. The molecule has 0 heterocycles. The van der Waals surface area contributed by atoms with Gasteiger partial charge in [0.1, 0.15) is 0 Å². The number of aliphatic hydroxyl groups is 1. The van der Waals surface area contributed by atoms with Gasteiger partial charge in [0, 0.05) is 18.0 Å². The highest BCUT2D eigenvalue weighted by atomic mass is 16.3. The lowest BCUT2D eigenvalue weighted by Crippen LogP contribution is -2.59. The Morgan fingerprint density at radius 3 is 2.29 bits per heavy atom. The molecule has 0 aromatic heterocycles. The second-order valence-electron chi connectivity index (χ2n) is 6.00. The molecule has 2 unspecified atom stereocenters. The zero-order chi connectivity index (χ0) is 12.6. The summed E-state index contributed by atoms with van der Waals surface area (Å²) in [7, 11) is 0. The summed E-state index contributed by atoms with van der Waals surface area (Å²) in [5, 5.41) is 13.2. The van der Waals surface area contributed by atoms with Gasteiger partial charge in [-0.15, -0.1) is 0 Å². The molecule has 0 amide bonds. The molecule has 1 aliphatic carbocycles. The zero-order valence-corrected chi connectivity index (χ0v) is 11.2. The molecule has 1 aliphatic rings. The highest BCUT2D eigenvalue weighted by Gasteiger charge is 2.46. The molecule has 0 spiro atoms. The Morgan fingerprint density at radius 1 is 1.24 bits per heavy atom. The minimum atomic E-state index is -0.153. The lowest BCUT2D eigenvalue weighted by atomic mass is 9.64. The Hall–Kier alpha value is -0.860. The van der Waals surface area contributed by atoms with Crippen molar-refractivity contribution in [1.29, 1.82) is 0 Å². The molecule has 1 fully saturated rings. The fraction of sp³-hybridized carbons (Fsp3) is 0.600. The summed E-state index contributed by atoms with van der Waals surface area (Å²) in [6.07, 6.45) is 0.719. The lowest BCUT2D eigenvalue weighted by Gasteiger charge is -2.49. The van der Waals surface area contributed by atoms with Crippen LogP contribution in [0.4, 0.5) is 0 Å². The molecule has 2 rings (SSSR count). The SMILES string of the molecule is Cc1cc(C)cc(CNC2CC(O)C2(C)C)c1. The number of hydrogen-bond donors (Lipinski definition) is 2. The summed E-state index contributed by atoms with van der Waals surface area (Å²) in [4.78, 5) is 0. The number of benzene rings is 1. The topological polar surface area (TPSA) is 32.3 Å². The van der Waals surface area contributed by atoms with Crippen LogP contribution in [0, 0.1) is 19.3 Å². The quantitative estimate of drug-likeness (QED) is 0.841. The van der Waals surface area contributed by atoms with Crippen molar-refractivity contribution < 1.29 is 5.11 Å². The van der Waals surface area contributed by atoms with Crippen molar-refractivity contribution in [2.45, 2.75) is 52.8 Å². The molecule has 1 aromatic rings. The molecule has 17 heavy (non-hydrogen) atoms. The summed E-state index contributed by atoms with van der Waals surface area (Å²) in [6, 6.07) is 7.07. The van der Waals surface area contributed by atoms with Gasteiger partial charge in [0.05, 0.1) is 6.10 Å². The van der Waals surface area contributed by atoms with E-state index >= 15 is 0 Å². The first-order valence-electron chi connectivity index (χ1n) is 6.38. The molecule has 1 aromatic carbocycles. The van der Waals surface area contributed by atoms with E-state index in [1.54, 1.807) is 0 Å². The molecule has 94 valence electrons. The van der Waals surface area contributed by atoms with Gasteiger partial charge >= 0.3 is 0 Å². The van der Waals surface area contributed by atoms with Crippen molar-refractivity contribution >= 4 is 0 Å². The van der Waals surface area contributed by atoms with E-state index in [0.29, 0.717) is 6.04 Å². The van der Waals surface area contributed by atoms with Gasteiger partial charge in [-0.05, 0) is 25.8 Å². The first-order chi connectivity index (χ1) is 7.89. The zero-order valence-electron chi connectivity index (χ0n) is 11.2. The van der Waals surface area contributed by atoms with E-state index < -0.39 is 0 Å². The van der Waals surface area contributed by atoms with Gasteiger partial charge in [-0.1, -0.05) is 43.2 Å². The third kappa shape index (κ3) is 2.53. The van der Waals surface area contributed by atoms with Gasteiger partial charge in [0.25, 0.3) is 0 Å². The maximum Gasteiger partial charge on any atom is 0.0621 e. The first kappa shape index (κ1) is 12.6. The van der Waals surface area contributed by atoms with Gasteiger partial charge < -0.3 is 10.4 Å². The molecular weight excluding hydrogens is 210 g/mol. The molecule has 0 aliphatic heterocycles. The third-order valence-corrected chi connectivity index (χ3v) is 4.05. The Kier molecular flexibility index (Phi) is 3.28. The molecule has 0 radical (unpaired) electrons. The number of rotatable bonds is 3. The summed E-state index contributed by atoms with van der Waals surface area (Å²) in [6.45, 7) is 9.41. The molecule has 2 N–H and O–H groups in total. The summed E-state index contributed by atoms with van der Waals surface area (Å²) < 4.78 is 0. The van der Waals surface area contributed by atoms with E-state index in [9.17, 15) is 5.11 Å². The Bertz CT molecular complexity index is 391. The van der Waals surface area contributed by atoms with E-state index in [0.717, 1.165) is 13.0 Å². The van der Waals surface area contributed by atoms with Crippen LogP contribution in [0.25, 0.3) is 0 Å². The van der Waals surface area contributed by atoms with Crippen LogP contribution in [0.2, 0.25) is 0 Å². The molecule has 0 bridgehead atoms. The van der Waals surface area contributed by atoms with Crippen molar-refractivity contribution in [2.75, 3.05) is 0 Å². The van der Waals surface area contributed by atoms with Crippen LogP contribution in [-0.4, -0.2) is 17.3 Å². The summed E-state index contributed by atoms with van der Waals surface area (Å²) >= 11 is 0. The van der Waals surface area contributed by atoms with Crippen molar-refractivity contribution in [3.8, 4) is 0 Å². The van der Waals surface area contributed by atoms with Crippen LogP contribution in [0.5, 0.6) is 0 Å². The monoisotopic (exact) mass is 233 g/mol. The van der Waals surface area contributed by atoms with Crippen LogP contribution >= 0.6 is 0 Å². The minimum Gasteiger partial charge on any atom is -0.392 e. The van der Waals surface area contributed by atoms with Crippen molar-refractivity contribution in [3.63, 3.8) is 0 Å². The highest BCUT2D eigenvalue weighted by Crippen LogP contribution is 2.40. The average molecular weight is 233 g/mol. The molecule has 2 nitrogen and oxygen atoms in total. The number of aliphatic hydroxyl groups excluding tert-OH is 1. The second kappa shape index (κ2) is 4.43. The predicted octanol–water partition coefficient (Wildman–Crippen LogP) is 2.55. The molecule has 2 atom stereocenters. The van der Waals surface area contributed by atoms with Gasteiger partial charge in [0.15, 0.2) is 0 Å². The lowest BCUT2D eigenvalue weighted by molar-refractivity contribution is -0.0729. The van der Waals surface area contributed by atoms with E-state index in [1.165, 1.54) is 16.7 Å². The number of hydrogen-bond acceptors (Lipinski definition) is 2. The fourth-order valence-electron chi connectivity index (χ4n) is 2.66. The Morgan fingerprint density at radius 2 is 1.82 bits per heavy atom. The van der Waals surface area contributed by atoms with Gasteiger partial charge in [-0.25, -0.2) is 0 Å². The normalized spacial score (nSPS) is 26.6. The van der Waals surface area contributed by atoms with E-state index in [1.807, 2.05) is 0 Å².